The van der Waals surface area contributed by atoms with E-state index in [0.717, 1.165) is 6.07 Å². The van der Waals surface area contributed by atoms with Crippen LogP contribution in [0.4, 0.5) is 8.78 Å². The zero-order valence-corrected chi connectivity index (χ0v) is 12.6. The van der Waals surface area contributed by atoms with Crippen molar-refractivity contribution in [3.05, 3.63) is 34.6 Å². The zero-order chi connectivity index (χ0) is 16.0. The number of hydrogen-bond donors (Lipinski definition) is 0. The molecule has 6 heteroatoms. The predicted molar refractivity (Wildman–Crippen MR) is 74.9 cm³/mol. The van der Waals surface area contributed by atoms with Crippen molar-refractivity contribution in [2.24, 2.45) is 0 Å². The number of alkyl halides is 1. The van der Waals surface area contributed by atoms with Crippen molar-refractivity contribution in [3.63, 3.8) is 0 Å². The molecule has 1 aromatic rings. The van der Waals surface area contributed by atoms with Crippen LogP contribution in [0, 0.1) is 17.1 Å². The summed E-state index contributed by atoms with van der Waals surface area (Å²) in [6.07, 6.45) is -1.60. The first-order valence-corrected chi connectivity index (χ1v) is 6.91. The Balaban J connectivity index is 2.96. The number of halogens is 3. The molecule has 0 N–H and O–H groups in total. The third-order valence-electron chi connectivity index (χ3n) is 3.03. The van der Waals surface area contributed by atoms with Crippen LogP contribution in [0.2, 0.25) is 5.02 Å². The van der Waals surface area contributed by atoms with Crippen molar-refractivity contribution in [1.29, 1.82) is 5.26 Å². The number of nitriles is 1. The van der Waals surface area contributed by atoms with Crippen molar-refractivity contribution >= 4 is 17.6 Å². The van der Waals surface area contributed by atoms with Gasteiger partial charge < -0.3 is 4.74 Å². The quantitative estimate of drug-likeness (QED) is 0.736. The molecule has 0 spiro atoms. The smallest absolute Gasteiger partial charge is 0.310 e. The number of carbonyl (C=O) groups excluding carboxylic acids is 1. The van der Waals surface area contributed by atoms with Crippen molar-refractivity contribution in [2.75, 3.05) is 0 Å². The summed E-state index contributed by atoms with van der Waals surface area (Å²) in [7, 11) is 0. The molecule has 1 rings (SSSR count). The molecule has 0 aromatic heterocycles. The van der Waals surface area contributed by atoms with Gasteiger partial charge in [0.05, 0.1) is 17.9 Å². The van der Waals surface area contributed by atoms with Gasteiger partial charge in [-0.05, 0) is 25.5 Å². The molecule has 2 unspecified atom stereocenters. The first-order valence-electron chi connectivity index (χ1n) is 6.53. The van der Waals surface area contributed by atoms with Gasteiger partial charge in [-0.2, -0.15) is 5.26 Å². The molecule has 3 nitrogen and oxygen atoms in total. The van der Waals surface area contributed by atoms with Crippen molar-refractivity contribution in [1.82, 2.24) is 0 Å². The first kappa shape index (κ1) is 17.4. The lowest BCUT2D eigenvalue weighted by Gasteiger charge is -2.23. The lowest BCUT2D eigenvalue weighted by molar-refractivity contribution is -0.159. The van der Waals surface area contributed by atoms with E-state index in [2.05, 4.69) is 4.74 Å². The van der Waals surface area contributed by atoms with E-state index in [4.69, 9.17) is 11.6 Å². The Morgan fingerprint density at radius 3 is 2.76 bits per heavy atom. The molecule has 2 atom stereocenters. The van der Waals surface area contributed by atoms with Gasteiger partial charge in [0, 0.05) is 17.0 Å². The largest absolute Gasteiger partial charge is 0.431 e. The van der Waals surface area contributed by atoms with E-state index in [1.165, 1.54) is 19.1 Å². The second-order valence-corrected chi connectivity index (χ2v) is 5.31. The van der Waals surface area contributed by atoms with Crippen LogP contribution in [0.5, 0.6) is 0 Å². The molecular formula is C15H16ClF2NO2. The number of carbonyl (C=O) groups is 1. The van der Waals surface area contributed by atoms with Crippen LogP contribution >= 0.6 is 11.6 Å². The topological polar surface area (TPSA) is 50.1 Å². The van der Waals surface area contributed by atoms with E-state index in [1.807, 2.05) is 6.07 Å². The Bertz CT molecular complexity index is 539. The highest BCUT2D eigenvalue weighted by Gasteiger charge is 2.35. The van der Waals surface area contributed by atoms with E-state index >= 15 is 0 Å². The van der Waals surface area contributed by atoms with E-state index in [-0.39, 0.29) is 17.0 Å². The minimum absolute atomic E-state index is 0.0391. The van der Waals surface area contributed by atoms with Crippen molar-refractivity contribution in [3.8, 4) is 6.07 Å². The fraction of sp³-hybridized carbons (Fsp3) is 0.467. The zero-order valence-electron chi connectivity index (χ0n) is 11.8. The van der Waals surface area contributed by atoms with Crippen LogP contribution in [0.3, 0.4) is 0 Å². The monoisotopic (exact) mass is 315 g/mol. The average Bonchev–Trinajstić information content (AvgIpc) is 2.38. The molecule has 0 aliphatic rings. The number of rotatable bonds is 6. The van der Waals surface area contributed by atoms with Gasteiger partial charge in [-0.15, -0.1) is 0 Å². The number of nitrogens with zero attached hydrogens (tertiary/aromatic N) is 1. The predicted octanol–water partition coefficient (Wildman–Crippen LogP) is 4.29. The molecule has 0 saturated heterocycles. The fourth-order valence-electron chi connectivity index (χ4n) is 1.97. The van der Waals surface area contributed by atoms with Gasteiger partial charge in [-0.1, -0.05) is 24.6 Å². The maximum absolute atomic E-state index is 13.9. The number of esters is 1. The van der Waals surface area contributed by atoms with Gasteiger partial charge in [0.1, 0.15) is 5.82 Å². The molecule has 114 valence electrons. The molecule has 0 bridgehead atoms. The van der Waals surface area contributed by atoms with E-state index < -0.39 is 30.0 Å². The summed E-state index contributed by atoms with van der Waals surface area (Å²) in [5.74, 6) is -1.59. The summed E-state index contributed by atoms with van der Waals surface area (Å²) in [5.41, 5.74) is -1.61. The summed E-state index contributed by atoms with van der Waals surface area (Å²) in [4.78, 5) is 11.7. The molecule has 21 heavy (non-hydrogen) atoms. The second kappa shape index (κ2) is 7.37. The number of ether oxygens (including phenoxy) is 1. The van der Waals surface area contributed by atoms with Gasteiger partial charge in [-0.25, -0.2) is 8.78 Å². The van der Waals surface area contributed by atoms with Gasteiger partial charge in [-0.3, -0.25) is 4.79 Å². The highest BCUT2D eigenvalue weighted by Crippen LogP contribution is 2.35. The van der Waals surface area contributed by atoms with Crippen LogP contribution in [0.1, 0.15) is 38.7 Å². The normalized spacial score (nSPS) is 14.9. The number of benzene rings is 1. The van der Waals surface area contributed by atoms with Gasteiger partial charge in [0.15, 0.2) is 0 Å². The SMILES string of the molecule is CCCC(F)OC(=O)CC(C)(C#N)c1c(F)cccc1Cl. The Morgan fingerprint density at radius 1 is 1.57 bits per heavy atom. The molecule has 0 saturated carbocycles. The standard InChI is InChI=1S/C15H16ClF2NO2/c1-3-5-12(18)21-13(20)8-15(2,9-19)14-10(16)6-4-7-11(14)17/h4,6-7,12H,3,5,8H2,1-2H3. The molecule has 0 amide bonds. The molecule has 1 aromatic carbocycles. The lowest BCUT2D eigenvalue weighted by atomic mass is 9.80. The highest BCUT2D eigenvalue weighted by molar-refractivity contribution is 6.31. The Labute approximate surface area is 127 Å². The van der Waals surface area contributed by atoms with E-state index in [0.29, 0.717) is 6.42 Å². The first-order chi connectivity index (χ1) is 9.84. The molecular weight excluding hydrogens is 300 g/mol. The number of hydrogen-bond acceptors (Lipinski definition) is 3. The summed E-state index contributed by atoms with van der Waals surface area (Å²) < 4.78 is 31.7. The van der Waals surface area contributed by atoms with Crippen molar-refractivity contribution < 1.29 is 18.3 Å². The van der Waals surface area contributed by atoms with Crippen LogP contribution in [-0.4, -0.2) is 12.3 Å². The summed E-state index contributed by atoms with van der Waals surface area (Å²) in [6.45, 7) is 3.12. The molecule has 0 radical (unpaired) electrons. The van der Waals surface area contributed by atoms with E-state index in [1.54, 1.807) is 6.92 Å². The molecule has 0 aliphatic heterocycles. The lowest BCUT2D eigenvalue weighted by Crippen LogP contribution is -2.28. The van der Waals surface area contributed by atoms with Crippen LogP contribution in [0.15, 0.2) is 18.2 Å². The molecule has 0 heterocycles. The Kier molecular flexibility index (Phi) is 6.10. The molecule has 0 fully saturated rings. The summed E-state index contributed by atoms with van der Waals surface area (Å²) in [6, 6.07) is 5.84. The Hall–Kier alpha value is -1.67. The third-order valence-corrected chi connectivity index (χ3v) is 3.35. The van der Waals surface area contributed by atoms with Crippen molar-refractivity contribution in [2.45, 2.75) is 44.9 Å². The van der Waals surface area contributed by atoms with Gasteiger partial charge in [0.25, 0.3) is 0 Å². The van der Waals surface area contributed by atoms with Gasteiger partial charge in [0.2, 0.25) is 6.36 Å². The Morgan fingerprint density at radius 2 is 2.24 bits per heavy atom. The molecule has 0 aliphatic carbocycles. The summed E-state index contributed by atoms with van der Waals surface area (Å²) >= 11 is 5.91. The minimum atomic E-state index is -1.72. The summed E-state index contributed by atoms with van der Waals surface area (Å²) in [5, 5.41) is 9.34. The maximum atomic E-state index is 13.9. The van der Waals surface area contributed by atoms with Crippen LogP contribution in [0.25, 0.3) is 0 Å². The van der Waals surface area contributed by atoms with Crippen LogP contribution in [-0.2, 0) is 14.9 Å². The highest BCUT2D eigenvalue weighted by atomic mass is 35.5. The van der Waals surface area contributed by atoms with E-state index in [9.17, 15) is 18.8 Å². The third kappa shape index (κ3) is 4.40. The van der Waals surface area contributed by atoms with Gasteiger partial charge >= 0.3 is 5.97 Å². The maximum Gasteiger partial charge on any atom is 0.310 e. The minimum Gasteiger partial charge on any atom is -0.431 e. The fourth-order valence-corrected chi connectivity index (χ4v) is 2.34. The average molecular weight is 316 g/mol. The second-order valence-electron chi connectivity index (χ2n) is 4.91. The van der Waals surface area contributed by atoms with Crippen LogP contribution < -0.4 is 0 Å².